The molecule has 2 aromatic rings. The van der Waals surface area contributed by atoms with E-state index in [1.54, 1.807) is 16.9 Å². The van der Waals surface area contributed by atoms with E-state index >= 15 is 0 Å². The third-order valence-corrected chi connectivity index (χ3v) is 4.99. The van der Waals surface area contributed by atoms with Gasteiger partial charge in [0.15, 0.2) is 0 Å². The van der Waals surface area contributed by atoms with Gasteiger partial charge in [0.2, 0.25) is 0 Å². The van der Waals surface area contributed by atoms with Gasteiger partial charge in [0.05, 0.1) is 12.3 Å². The van der Waals surface area contributed by atoms with Crippen LogP contribution in [0.5, 0.6) is 0 Å². The molecule has 0 aromatic carbocycles. The maximum Gasteiger partial charge on any atom is 0.261 e. The Kier molecular flexibility index (Phi) is 4.17. The van der Waals surface area contributed by atoms with E-state index in [4.69, 9.17) is 4.74 Å². The van der Waals surface area contributed by atoms with Crippen molar-refractivity contribution in [1.29, 1.82) is 0 Å². The Morgan fingerprint density at radius 3 is 2.92 bits per heavy atom. The standard InChI is InChI=1S/C18H22N4O3/c1-22-10-13(9-20-22)16-12(6-7-25-16)8-19-17(23)14-4-5-15(11-2-3-11)21-18(14)24/h4-5,9-12,16H,2-3,6-8H2,1H3,(H,19,23)(H,21,24)/t12-,16+/m0/s1. The maximum atomic E-state index is 12.4. The molecule has 2 atom stereocenters. The topological polar surface area (TPSA) is 89.0 Å². The highest BCUT2D eigenvalue weighted by Crippen LogP contribution is 2.38. The zero-order chi connectivity index (χ0) is 17.4. The number of ether oxygens (including phenoxy) is 1. The molecule has 2 fully saturated rings. The van der Waals surface area contributed by atoms with Gasteiger partial charge in [-0.25, -0.2) is 0 Å². The van der Waals surface area contributed by atoms with Crippen LogP contribution in [0.2, 0.25) is 0 Å². The monoisotopic (exact) mass is 342 g/mol. The van der Waals surface area contributed by atoms with Crippen LogP contribution in [0.3, 0.4) is 0 Å². The Balaban J connectivity index is 1.40. The van der Waals surface area contributed by atoms with E-state index in [2.05, 4.69) is 15.4 Å². The summed E-state index contributed by atoms with van der Waals surface area (Å²) < 4.78 is 7.55. The molecule has 1 aliphatic heterocycles. The molecule has 7 nitrogen and oxygen atoms in total. The molecule has 2 N–H and O–H groups in total. The lowest BCUT2D eigenvalue weighted by atomic mass is 9.97. The molecule has 2 aliphatic rings. The fourth-order valence-electron chi connectivity index (χ4n) is 3.42. The first kappa shape index (κ1) is 16.1. The van der Waals surface area contributed by atoms with Crippen molar-refractivity contribution in [2.45, 2.75) is 31.3 Å². The Labute approximate surface area is 145 Å². The minimum Gasteiger partial charge on any atom is -0.373 e. The molecule has 0 unspecified atom stereocenters. The van der Waals surface area contributed by atoms with E-state index in [1.807, 2.05) is 19.3 Å². The van der Waals surface area contributed by atoms with Crippen molar-refractivity contribution >= 4 is 5.91 Å². The molecule has 132 valence electrons. The summed E-state index contributed by atoms with van der Waals surface area (Å²) in [4.78, 5) is 27.4. The van der Waals surface area contributed by atoms with Crippen LogP contribution in [0.4, 0.5) is 0 Å². The van der Waals surface area contributed by atoms with Gasteiger partial charge in [0, 0.05) is 43.6 Å². The van der Waals surface area contributed by atoms with Crippen LogP contribution >= 0.6 is 0 Å². The predicted octanol–water partition coefficient (Wildman–Crippen LogP) is 1.49. The highest BCUT2D eigenvalue weighted by molar-refractivity contribution is 5.93. The van der Waals surface area contributed by atoms with E-state index in [0.29, 0.717) is 19.1 Å². The van der Waals surface area contributed by atoms with Crippen molar-refractivity contribution in [3.05, 3.63) is 51.7 Å². The van der Waals surface area contributed by atoms with E-state index in [1.165, 1.54) is 0 Å². The summed E-state index contributed by atoms with van der Waals surface area (Å²) in [7, 11) is 1.87. The second-order valence-corrected chi connectivity index (χ2v) is 6.93. The number of aromatic nitrogens is 3. The van der Waals surface area contributed by atoms with Gasteiger partial charge < -0.3 is 15.0 Å². The number of rotatable bonds is 5. The molecule has 3 heterocycles. The lowest BCUT2D eigenvalue weighted by Gasteiger charge is -2.17. The quantitative estimate of drug-likeness (QED) is 0.862. The Morgan fingerprint density at radius 2 is 2.24 bits per heavy atom. The molecule has 0 spiro atoms. The molecular formula is C18H22N4O3. The first-order valence-corrected chi connectivity index (χ1v) is 8.73. The summed E-state index contributed by atoms with van der Waals surface area (Å²) in [6.45, 7) is 1.14. The number of carbonyl (C=O) groups is 1. The molecular weight excluding hydrogens is 320 g/mol. The molecule has 1 aliphatic carbocycles. The summed E-state index contributed by atoms with van der Waals surface area (Å²) in [5, 5.41) is 7.07. The number of amides is 1. The van der Waals surface area contributed by atoms with Gasteiger partial charge in [-0.3, -0.25) is 14.3 Å². The second-order valence-electron chi connectivity index (χ2n) is 6.93. The van der Waals surface area contributed by atoms with Crippen LogP contribution < -0.4 is 10.9 Å². The molecule has 4 rings (SSSR count). The number of aromatic amines is 1. The third kappa shape index (κ3) is 3.37. The van der Waals surface area contributed by atoms with Crippen molar-refractivity contribution in [1.82, 2.24) is 20.1 Å². The zero-order valence-electron chi connectivity index (χ0n) is 14.2. The van der Waals surface area contributed by atoms with Crippen LogP contribution in [0.1, 0.15) is 52.9 Å². The Hall–Kier alpha value is -2.41. The number of H-pyrrole nitrogens is 1. The number of aryl methyl sites for hydroxylation is 1. The van der Waals surface area contributed by atoms with Gasteiger partial charge >= 0.3 is 0 Å². The second kappa shape index (κ2) is 6.48. The molecule has 1 saturated carbocycles. The van der Waals surface area contributed by atoms with Crippen molar-refractivity contribution in [2.75, 3.05) is 13.2 Å². The largest absolute Gasteiger partial charge is 0.373 e. The predicted molar refractivity (Wildman–Crippen MR) is 91.4 cm³/mol. The fourth-order valence-corrected chi connectivity index (χ4v) is 3.42. The number of carbonyl (C=O) groups excluding carboxylic acids is 1. The van der Waals surface area contributed by atoms with Gasteiger partial charge in [0.1, 0.15) is 5.56 Å². The fraction of sp³-hybridized carbons (Fsp3) is 0.500. The van der Waals surface area contributed by atoms with Crippen molar-refractivity contribution in [2.24, 2.45) is 13.0 Å². The minimum atomic E-state index is -0.333. The van der Waals surface area contributed by atoms with Crippen LogP contribution in [0.25, 0.3) is 0 Å². The van der Waals surface area contributed by atoms with E-state index < -0.39 is 0 Å². The summed E-state index contributed by atoms with van der Waals surface area (Å²) >= 11 is 0. The molecule has 1 amide bonds. The number of nitrogens with zero attached hydrogens (tertiary/aromatic N) is 2. The number of hydrogen-bond acceptors (Lipinski definition) is 4. The molecule has 0 radical (unpaired) electrons. The normalized spacial score (nSPS) is 22.9. The minimum absolute atomic E-state index is 0.0653. The third-order valence-electron chi connectivity index (χ3n) is 4.99. The highest BCUT2D eigenvalue weighted by Gasteiger charge is 2.31. The Bertz CT molecular complexity index is 837. The number of nitrogens with one attached hydrogen (secondary N) is 2. The van der Waals surface area contributed by atoms with Gasteiger partial charge in [-0.15, -0.1) is 0 Å². The zero-order valence-corrected chi connectivity index (χ0v) is 14.2. The first-order valence-electron chi connectivity index (χ1n) is 8.73. The lowest BCUT2D eigenvalue weighted by Crippen LogP contribution is -2.34. The van der Waals surface area contributed by atoms with Crippen LogP contribution in [0, 0.1) is 5.92 Å². The van der Waals surface area contributed by atoms with E-state index in [0.717, 1.165) is 30.5 Å². The highest BCUT2D eigenvalue weighted by atomic mass is 16.5. The van der Waals surface area contributed by atoms with E-state index in [-0.39, 0.29) is 29.1 Å². The summed E-state index contributed by atoms with van der Waals surface area (Å²) in [6, 6.07) is 3.48. The molecule has 0 bridgehead atoms. The molecule has 2 aromatic heterocycles. The number of pyridine rings is 1. The molecule has 1 saturated heterocycles. The summed E-state index contributed by atoms with van der Waals surface area (Å²) in [5.41, 5.74) is 1.81. The summed E-state index contributed by atoms with van der Waals surface area (Å²) in [6.07, 6.45) is 6.76. The van der Waals surface area contributed by atoms with Crippen molar-refractivity contribution in [3.63, 3.8) is 0 Å². The smallest absolute Gasteiger partial charge is 0.261 e. The number of hydrogen-bond donors (Lipinski definition) is 2. The van der Waals surface area contributed by atoms with Gasteiger partial charge in [-0.1, -0.05) is 0 Å². The van der Waals surface area contributed by atoms with Crippen LogP contribution in [-0.4, -0.2) is 33.8 Å². The molecule has 7 heteroatoms. The SMILES string of the molecule is Cn1cc([C@@H]2OCC[C@H]2CNC(=O)c2ccc(C3CC3)[nH]c2=O)cn1. The average Bonchev–Trinajstić information content (AvgIpc) is 3.19. The van der Waals surface area contributed by atoms with E-state index in [9.17, 15) is 9.59 Å². The van der Waals surface area contributed by atoms with Gasteiger partial charge in [0.25, 0.3) is 11.5 Å². The first-order chi connectivity index (χ1) is 12.1. The van der Waals surface area contributed by atoms with Crippen molar-refractivity contribution in [3.8, 4) is 0 Å². The maximum absolute atomic E-state index is 12.4. The van der Waals surface area contributed by atoms with Crippen molar-refractivity contribution < 1.29 is 9.53 Å². The van der Waals surface area contributed by atoms with Crippen LogP contribution in [0.15, 0.2) is 29.3 Å². The Morgan fingerprint density at radius 1 is 1.40 bits per heavy atom. The lowest BCUT2D eigenvalue weighted by molar-refractivity contribution is 0.0845. The molecule has 25 heavy (non-hydrogen) atoms. The van der Waals surface area contributed by atoms with Gasteiger partial charge in [-0.05, 0) is 37.3 Å². The van der Waals surface area contributed by atoms with Gasteiger partial charge in [-0.2, -0.15) is 5.10 Å². The summed E-state index contributed by atoms with van der Waals surface area (Å²) in [5.74, 6) is 0.305. The average molecular weight is 342 g/mol. The van der Waals surface area contributed by atoms with Crippen LogP contribution in [-0.2, 0) is 11.8 Å².